The molecule has 4 fully saturated rings. The van der Waals surface area contributed by atoms with Gasteiger partial charge in [-0.05, 0) is 91.7 Å². The number of rotatable bonds is 2. The van der Waals surface area contributed by atoms with Crippen LogP contribution in [0.15, 0.2) is 42.0 Å². The summed E-state index contributed by atoms with van der Waals surface area (Å²) >= 11 is 0. The van der Waals surface area contributed by atoms with Gasteiger partial charge >= 0.3 is 6.09 Å². The number of para-hydroxylation sites is 1. The number of ketones is 1. The first-order valence-corrected chi connectivity index (χ1v) is 12.7. The molecule has 7 atom stereocenters. The van der Waals surface area contributed by atoms with Gasteiger partial charge < -0.3 is 4.74 Å². The number of cyclic esters (lactones) is 1. The predicted octanol–water partition coefficient (Wildman–Crippen LogP) is 6.16. The maximum Gasteiger partial charge on any atom is 0.414 e. The van der Waals surface area contributed by atoms with Crippen LogP contribution in [0.4, 0.5) is 10.5 Å². The first-order valence-electron chi connectivity index (χ1n) is 12.7. The number of carbonyl (C=O) groups excluding carboxylic acids is 2. The quantitative estimate of drug-likeness (QED) is 0.561. The Morgan fingerprint density at radius 1 is 0.906 bits per heavy atom. The number of anilines is 1. The maximum absolute atomic E-state index is 12.7. The molecule has 3 saturated carbocycles. The van der Waals surface area contributed by atoms with Crippen molar-refractivity contribution in [3.8, 4) is 0 Å². The fourth-order valence-electron chi connectivity index (χ4n) is 8.72. The van der Waals surface area contributed by atoms with Crippen molar-refractivity contribution in [2.45, 2.75) is 71.3 Å². The van der Waals surface area contributed by atoms with Crippen LogP contribution >= 0.6 is 0 Å². The number of fused-ring (bicyclic) bond motifs is 5. The van der Waals surface area contributed by atoms with E-state index in [2.05, 4.69) is 13.8 Å². The first-order chi connectivity index (χ1) is 15.4. The van der Waals surface area contributed by atoms with Gasteiger partial charge in [0, 0.05) is 18.0 Å². The molecule has 0 bridgehead atoms. The largest absolute Gasteiger partial charge is 0.444 e. The van der Waals surface area contributed by atoms with Crippen molar-refractivity contribution in [2.24, 2.45) is 34.5 Å². The van der Waals surface area contributed by atoms with E-state index in [1.54, 1.807) is 0 Å². The van der Waals surface area contributed by atoms with E-state index in [1.165, 1.54) is 37.7 Å². The Morgan fingerprint density at radius 2 is 1.69 bits per heavy atom. The zero-order valence-electron chi connectivity index (χ0n) is 19.4. The van der Waals surface area contributed by atoms with E-state index < -0.39 is 0 Å². The van der Waals surface area contributed by atoms with Crippen LogP contribution in [0.25, 0.3) is 0 Å². The highest BCUT2D eigenvalue weighted by molar-refractivity contribution is 5.91. The highest BCUT2D eigenvalue weighted by atomic mass is 16.6. The minimum Gasteiger partial charge on any atom is -0.444 e. The molecule has 32 heavy (non-hydrogen) atoms. The van der Waals surface area contributed by atoms with Gasteiger partial charge in [-0.2, -0.15) is 0 Å². The third-order valence-electron chi connectivity index (χ3n) is 10.4. The van der Waals surface area contributed by atoms with Crippen LogP contribution in [0.2, 0.25) is 0 Å². The maximum atomic E-state index is 12.7. The molecule has 0 N–H and O–H groups in total. The summed E-state index contributed by atoms with van der Waals surface area (Å²) in [6, 6.07) is 9.94. The molecular formula is C28H35NO3. The Morgan fingerprint density at radius 3 is 2.50 bits per heavy atom. The second-order valence-corrected chi connectivity index (χ2v) is 11.6. The van der Waals surface area contributed by atoms with Crippen molar-refractivity contribution < 1.29 is 14.3 Å². The third kappa shape index (κ3) is 2.87. The monoisotopic (exact) mass is 433 g/mol. The van der Waals surface area contributed by atoms with Gasteiger partial charge in [0.15, 0.2) is 5.78 Å². The SMILES string of the molecule is C[C@]12CC[C@H]3[C@@H](CCC4=CC(=O)CC[C@@]43C)[C@@H]1CC[C@@H]2[C@H]1CN(c2ccccc2)C(=O)O1. The normalized spacial score (nSPS) is 43.2. The molecule has 1 saturated heterocycles. The molecule has 4 aliphatic carbocycles. The van der Waals surface area contributed by atoms with Crippen molar-refractivity contribution in [1.82, 2.24) is 0 Å². The Hall–Kier alpha value is -2.10. The summed E-state index contributed by atoms with van der Waals surface area (Å²) < 4.78 is 6.02. The Bertz CT molecular complexity index is 970. The molecule has 1 aromatic carbocycles. The smallest absolute Gasteiger partial charge is 0.414 e. The van der Waals surface area contributed by atoms with Crippen molar-refractivity contribution >= 4 is 17.6 Å². The number of ether oxygens (including phenoxy) is 1. The fourth-order valence-corrected chi connectivity index (χ4v) is 8.72. The van der Waals surface area contributed by atoms with E-state index in [-0.39, 0.29) is 23.0 Å². The highest BCUT2D eigenvalue weighted by Crippen LogP contribution is 2.67. The van der Waals surface area contributed by atoms with Crippen LogP contribution in [0.3, 0.4) is 0 Å². The molecule has 4 nitrogen and oxygen atoms in total. The van der Waals surface area contributed by atoms with Crippen molar-refractivity contribution in [3.05, 3.63) is 42.0 Å². The summed E-state index contributed by atoms with van der Waals surface area (Å²) in [4.78, 5) is 26.6. The zero-order chi connectivity index (χ0) is 22.1. The lowest BCUT2D eigenvalue weighted by Gasteiger charge is -2.58. The number of nitrogens with zero attached hydrogens (tertiary/aromatic N) is 1. The van der Waals surface area contributed by atoms with Crippen LogP contribution in [-0.4, -0.2) is 24.5 Å². The van der Waals surface area contributed by atoms with Crippen LogP contribution in [-0.2, 0) is 9.53 Å². The average molecular weight is 434 g/mol. The molecule has 1 aliphatic heterocycles. The van der Waals surface area contributed by atoms with Crippen molar-refractivity contribution in [1.29, 1.82) is 0 Å². The van der Waals surface area contributed by atoms with Gasteiger partial charge in [-0.1, -0.05) is 37.6 Å². The van der Waals surface area contributed by atoms with E-state index in [0.29, 0.717) is 30.1 Å². The van der Waals surface area contributed by atoms with Gasteiger partial charge in [-0.25, -0.2) is 4.79 Å². The summed E-state index contributed by atoms with van der Waals surface area (Å²) in [6.45, 7) is 5.63. The number of amides is 1. The van der Waals surface area contributed by atoms with E-state index >= 15 is 0 Å². The van der Waals surface area contributed by atoms with Gasteiger partial charge in [-0.3, -0.25) is 9.69 Å². The van der Waals surface area contributed by atoms with Gasteiger partial charge in [0.05, 0.1) is 6.54 Å². The molecule has 5 aliphatic rings. The Balaban J connectivity index is 1.24. The minimum absolute atomic E-state index is 0.00353. The van der Waals surface area contributed by atoms with Gasteiger partial charge in [0.1, 0.15) is 6.10 Å². The molecule has 0 unspecified atom stereocenters. The van der Waals surface area contributed by atoms with Crippen molar-refractivity contribution in [3.63, 3.8) is 0 Å². The number of hydrogen-bond acceptors (Lipinski definition) is 3. The lowest BCUT2D eigenvalue weighted by Crippen LogP contribution is -2.51. The summed E-state index contributed by atoms with van der Waals surface area (Å²) in [6.07, 6.45) is 10.8. The van der Waals surface area contributed by atoms with Gasteiger partial charge in [-0.15, -0.1) is 0 Å². The first kappa shape index (κ1) is 20.5. The number of benzene rings is 1. The standard InChI is InChI=1S/C28H35NO3/c1-27-14-12-20(30)16-18(27)8-9-21-22-10-11-24(28(22,2)15-13-23(21)27)25-17-29(26(31)32-25)19-6-4-3-5-7-19/h3-7,16,21-25H,8-15,17H2,1-2H3/t21-,22-,23-,24+,25+,27-,28-/m0/s1. The minimum atomic E-state index is -0.186. The predicted molar refractivity (Wildman–Crippen MR) is 124 cm³/mol. The lowest BCUT2D eigenvalue weighted by atomic mass is 9.46. The van der Waals surface area contributed by atoms with E-state index in [1.807, 2.05) is 41.3 Å². The fraction of sp³-hybridized carbons (Fsp3) is 0.643. The summed E-state index contributed by atoms with van der Waals surface area (Å²) in [5.74, 6) is 2.95. The molecule has 1 amide bonds. The average Bonchev–Trinajstić information content (AvgIpc) is 3.34. The second-order valence-electron chi connectivity index (χ2n) is 11.6. The summed E-state index contributed by atoms with van der Waals surface area (Å²) in [7, 11) is 0. The summed E-state index contributed by atoms with van der Waals surface area (Å²) in [5.41, 5.74) is 2.85. The van der Waals surface area contributed by atoms with Crippen LogP contribution in [0.5, 0.6) is 0 Å². The molecule has 0 radical (unpaired) electrons. The summed E-state index contributed by atoms with van der Waals surface area (Å²) in [5, 5.41) is 0. The van der Waals surface area contributed by atoms with E-state index in [9.17, 15) is 9.59 Å². The molecule has 6 rings (SSSR count). The molecule has 0 spiro atoms. The number of hydrogen-bond donors (Lipinski definition) is 0. The molecule has 170 valence electrons. The zero-order valence-corrected chi connectivity index (χ0v) is 19.4. The van der Waals surface area contributed by atoms with Crippen molar-refractivity contribution in [2.75, 3.05) is 11.4 Å². The van der Waals surface area contributed by atoms with Crippen LogP contribution in [0, 0.1) is 34.5 Å². The molecule has 1 aromatic rings. The molecule has 4 heteroatoms. The van der Waals surface area contributed by atoms with Gasteiger partial charge in [0.25, 0.3) is 0 Å². The molecule has 0 aromatic heterocycles. The topological polar surface area (TPSA) is 46.6 Å². The lowest BCUT2D eigenvalue weighted by molar-refractivity contribution is -0.117. The number of allylic oxidation sites excluding steroid dienone is 1. The molecular weight excluding hydrogens is 398 g/mol. The Kier molecular flexibility index (Phi) is 4.61. The third-order valence-corrected chi connectivity index (χ3v) is 10.4. The van der Waals surface area contributed by atoms with E-state index in [0.717, 1.165) is 30.9 Å². The van der Waals surface area contributed by atoms with E-state index in [4.69, 9.17) is 4.74 Å². The van der Waals surface area contributed by atoms with Crippen LogP contribution < -0.4 is 4.90 Å². The number of carbonyl (C=O) groups is 2. The van der Waals surface area contributed by atoms with Crippen LogP contribution in [0.1, 0.15) is 65.2 Å². The molecule has 1 heterocycles. The Labute approximate surface area is 191 Å². The van der Waals surface area contributed by atoms with Gasteiger partial charge in [0.2, 0.25) is 0 Å². The second kappa shape index (κ2) is 7.20. The highest BCUT2D eigenvalue weighted by Gasteiger charge is 2.61.